The molecule has 45 heavy (non-hydrogen) atoms. The number of carbonyl (C=O) groups is 2. The van der Waals surface area contributed by atoms with Gasteiger partial charge in [0.2, 0.25) is 5.91 Å². The zero-order valence-corrected chi connectivity index (χ0v) is 23.9. The Morgan fingerprint density at radius 2 is 1.69 bits per heavy atom. The second-order valence-corrected chi connectivity index (χ2v) is 10.8. The molecule has 15 heteroatoms. The zero-order valence-electron chi connectivity index (χ0n) is 23.1. The predicted molar refractivity (Wildman–Crippen MR) is 160 cm³/mol. The molecule has 1 aliphatic rings. The molecule has 0 bridgehead atoms. The number of hydrogen-bond acceptors (Lipinski definition) is 8. The van der Waals surface area contributed by atoms with Gasteiger partial charge in [-0.3, -0.25) is 9.69 Å². The van der Waals surface area contributed by atoms with Crippen molar-refractivity contribution in [2.45, 2.75) is 19.0 Å². The number of hydrogen-bond donors (Lipinski definition) is 2. The van der Waals surface area contributed by atoms with Crippen molar-refractivity contribution in [2.24, 2.45) is 0 Å². The second-order valence-electron chi connectivity index (χ2n) is 9.82. The first-order chi connectivity index (χ1) is 21.6. The number of halogens is 3. The fourth-order valence-corrected chi connectivity index (χ4v) is 5.52. The number of pyridine rings is 1. The minimum Gasteiger partial charge on any atom is -0.619 e. The number of urea groups is 1. The van der Waals surface area contributed by atoms with Crippen LogP contribution in [0.5, 0.6) is 11.8 Å². The molecule has 0 spiro atoms. The first-order valence-electron chi connectivity index (χ1n) is 13.5. The summed E-state index contributed by atoms with van der Waals surface area (Å²) in [5, 5.41) is 17.0. The number of aromatic nitrogens is 4. The van der Waals surface area contributed by atoms with E-state index in [-0.39, 0.29) is 28.9 Å². The first-order valence-corrected chi connectivity index (χ1v) is 14.3. The van der Waals surface area contributed by atoms with Crippen molar-refractivity contribution in [3.63, 3.8) is 0 Å². The molecule has 3 amide bonds. The maximum absolute atomic E-state index is 13.4. The van der Waals surface area contributed by atoms with E-state index in [4.69, 9.17) is 4.74 Å². The van der Waals surface area contributed by atoms with Crippen molar-refractivity contribution >= 4 is 39.8 Å². The van der Waals surface area contributed by atoms with E-state index in [9.17, 15) is 28.0 Å². The lowest BCUT2D eigenvalue weighted by Crippen LogP contribution is -2.23. The van der Waals surface area contributed by atoms with Crippen molar-refractivity contribution < 1.29 is 32.2 Å². The first kappa shape index (κ1) is 29.5. The fraction of sp³-hybridized carbons (Fsp3) is 0.133. The van der Waals surface area contributed by atoms with Gasteiger partial charge in [0.1, 0.15) is 5.75 Å². The Morgan fingerprint density at radius 1 is 0.956 bits per heavy atom. The molecule has 4 heterocycles. The summed E-state index contributed by atoms with van der Waals surface area (Å²) >= 11 is 1.43. The van der Waals surface area contributed by atoms with Crippen molar-refractivity contribution in [2.75, 3.05) is 22.1 Å². The van der Waals surface area contributed by atoms with Crippen LogP contribution < -0.4 is 25.0 Å². The summed E-state index contributed by atoms with van der Waals surface area (Å²) in [6, 6.07) is 12.1. The number of amides is 3. The third-order valence-electron chi connectivity index (χ3n) is 6.74. The minimum atomic E-state index is -4.64. The van der Waals surface area contributed by atoms with E-state index in [2.05, 4.69) is 25.6 Å². The topological polar surface area (TPSA) is 136 Å². The molecule has 1 fully saturated rings. The van der Waals surface area contributed by atoms with Crippen molar-refractivity contribution in [1.29, 1.82) is 0 Å². The van der Waals surface area contributed by atoms with E-state index in [1.54, 1.807) is 23.2 Å². The molecule has 3 aromatic heterocycles. The number of benzene rings is 2. The van der Waals surface area contributed by atoms with Gasteiger partial charge in [-0.2, -0.15) is 17.9 Å². The molecule has 0 saturated carbocycles. The summed E-state index contributed by atoms with van der Waals surface area (Å²) in [4.78, 5) is 39.9. The van der Waals surface area contributed by atoms with Crippen LogP contribution >= 0.6 is 11.3 Å². The van der Waals surface area contributed by atoms with Crippen LogP contribution in [0, 0.1) is 5.21 Å². The van der Waals surface area contributed by atoms with Crippen molar-refractivity contribution in [1.82, 2.24) is 15.0 Å². The van der Waals surface area contributed by atoms with Crippen LogP contribution in [0.15, 0.2) is 85.6 Å². The zero-order chi connectivity index (χ0) is 31.6. The number of nitrogens with one attached hydrogen (secondary N) is 2. The lowest BCUT2D eigenvalue weighted by molar-refractivity contribution is -0.605. The number of alkyl halides is 3. The number of anilines is 3. The molecular formula is C30H22F3N7O4S. The smallest absolute Gasteiger partial charge is 0.416 e. The van der Waals surface area contributed by atoms with Gasteiger partial charge in [0, 0.05) is 36.9 Å². The van der Waals surface area contributed by atoms with Crippen molar-refractivity contribution in [3.8, 4) is 33.3 Å². The maximum atomic E-state index is 13.4. The Morgan fingerprint density at radius 3 is 2.36 bits per heavy atom. The molecule has 2 N–H and O–H groups in total. The molecule has 0 atom stereocenters. The summed E-state index contributed by atoms with van der Waals surface area (Å²) in [7, 11) is 0. The van der Waals surface area contributed by atoms with Gasteiger partial charge in [-0.25, -0.2) is 19.7 Å². The lowest BCUT2D eigenvalue weighted by Gasteiger charge is -2.15. The number of rotatable bonds is 7. The van der Waals surface area contributed by atoms with Crippen LogP contribution in [0.1, 0.15) is 18.4 Å². The molecule has 11 nitrogen and oxygen atoms in total. The Bertz CT molecular complexity index is 1850. The molecule has 6 rings (SSSR count). The van der Waals surface area contributed by atoms with Gasteiger partial charge in [0.15, 0.2) is 17.5 Å². The Kier molecular flexibility index (Phi) is 8.00. The molecule has 2 aromatic carbocycles. The average Bonchev–Trinajstić information content (AvgIpc) is 3.68. The highest BCUT2D eigenvalue weighted by Crippen LogP contribution is 2.36. The molecule has 1 saturated heterocycles. The summed E-state index contributed by atoms with van der Waals surface area (Å²) in [5.41, 5.74) is 0.698. The van der Waals surface area contributed by atoms with Crippen molar-refractivity contribution in [3.05, 3.63) is 96.4 Å². The third-order valence-corrected chi connectivity index (χ3v) is 7.81. The van der Waals surface area contributed by atoms with Crippen LogP contribution in [0.2, 0.25) is 0 Å². The summed E-state index contributed by atoms with van der Waals surface area (Å²) in [5.74, 6) is 0.534. The monoisotopic (exact) mass is 633 g/mol. The fourth-order valence-electron chi connectivity index (χ4n) is 4.55. The van der Waals surface area contributed by atoms with E-state index in [0.29, 0.717) is 34.1 Å². The van der Waals surface area contributed by atoms with Gasteiger partial charge in [0.05, 0.1) is 34.2 Å². The van der Waals surface area contributed by atoms with Crippen LogP contribution in [-0.4, -0.2) is 33.4 Å². The lowest BCUT2D eigenvalue weighted by atomic mass is 10.0. The molecule has 0 radical (unpaired) electrons. The van der Waals surface area contributed by atoms with Gasteiger partial charge in [0.25, 0.3) is 0 Å². The van der Waals surface area contributed by atoms with E-state index in [1.807, 2.05) is 12.1 Å². The van der Waals surface area contributed by atoms with E-state index < -0.39 is 17.8 Å². The highest BCUT2D eigenvalue weighted by molar-refractivity contribution is 7.19. The predicted octanol–water partition coefficient (Wildman–Crippen LogP) is 6.48. The summed E-state index contributed by atoms with van der Waals surface area (Å²) in [6.07, 6.45) is 3.41. The Balaban J connectivity index is 1.09. The molecule has 5 aromatic rings. The SMILES string of the molecule is O=C(Nc1cnc(Oc2ccc(-c3cnc(N4CCCC4=O)s3)cc2)nc1)Nc1cc(C(F)(F)F)ccc1-c1cc[n+]([O-])cc1. The van der Waals surface area contributed by atoms with Crippen LogP contribution in [0.25, 0.3) is 21.6 Å². The van der Waals surface area contributed by atoms with E-state index >= 15 is 0 Å². The minimum absolute atomic E-state index is 0.00110. The second kappa shape index (κ2) is 12.2. The van der Waals surface area contributed by atoms with Gasteiger partial charge in [-0.05, 0) is 53.9 Å². The number of nitrogens with zero attached hydrogens (tertiary/aromatic N) is 5. The largest absolute Gasteiger partial charge is 0.619 e. The standard InChI is InChI=1S/C30H22F3N7O4S/c31-30(32,33)20-5-8-23(18-9-12-39(43)13-10-18)24(14-20)38-27(42)37-21-15-34-28(35-16-21)44-22-6-3-19(4-7-22)25-17-36-29(45-25)40-11-1-2-26(40)41/h3-10,12-17H,1-2,11H2,(H2,37,38,42). The van der Waals surface area contributed by atoms with Crippen LogP contribution in [0.4, 0.5) is 34.5 Å². The van der Waals surface area contributed by atoms with E-state index in [1.165, 1.54) is 54.3 Å². The van der Waals surface area contributed by atoms with Gasteiger partial charge >= 0.3 is 18.2 Å². The summed E-state index contributed by atoms with van der Waals surface area (Å²) in [6.45, 7) is 0.674. The Labute approximate surface area is 257 Å². The third kappa shape index (κ3) is 6.83. The van der Waals surface area contributed by atoms with Gasteiger partial charge in [-0.1, -0.05) is 17.4 Å². The van der Waals surface area contributed by atoms with Gasteiger partial charge in [-0.15, -0.1) is 0 Å². The quantitative estimate of drug-likeness (QED) is 0.155. The summed E-state index contributed by atoms with van der Waals surface area (Å²) < 4.78 is 46.4. The molecular weight excluding hydrogens is 611 g/mol. The Hall–Kier alpha value is -5.57. The molecule has 0 unspecified atom stereocenters. The van der Waals surface area contributed by atoms with Crippen LogP contribution in [0.3, 0.4) is 0 Å². The molecule has 0 aliphatic carbocycles. The average molecular weight is 634 g/mol. The number of thiazole rings is 1. The molecule has 228 valence electrons. The normalized spacial score (nSPS) is 13.1. The molecule has 1 aliphatic heterocycles. The number of ether oxygens (including phenoxy) is 1. The highest BCUT2D eigenvalue weighted by atomic mass is 32.1. The number of carbonyl (C=O) groups excluding carboxylic acids is 2. The van der Waals surface area contributed by atoms with E-state index in [0.717, 1.165) is 29.0 Å². The van der Waals surface area contributed by atoms with Crippen LogP contribution in [-0.2, 0) is 11.0 Å². The highest BCUT2D eigenvalue weighted by Gasteiger charge is 2.31. The van der Waals surface area contributed by atoms with Gasteiger partial charge < -0.3 is 20.6 Å². The maximum Gasteiger partial charge on any atom is 0.416 e.